The van der Waals surface area contributed by atoms with Crippen LogP contribution in [-0.2, 0) is 4.79 Å². The maximum atomic E-state index is 11.2. The Morgan fingerprint density at radius 1 is 1.44 bits per heavy atom. The molecule has 0 aromatic heterocycles. The van der Waals surface area contributed by atoms with E-state index in [1.807, 2.05) is 0 Å². The molecule has 0 amide bonds. The summed E-state index contributed by atoms with van der Waals surface area (Å²) in [6.45, 7) is 4.85. The monoisotopic (exact) mass is 255 g/mol. The van der Waals surface area contributed by atoms with Crippen LogP contribution in [0.5, 0.6) is 0 Å². The van der Waals surface area contributed by atoms with Gasteiger partial charge in [0.1, 0.15) is 6.04 Å². The van der Waals surface area contributed by atoms with E-state index >= 15 is 0 Å². The number of likely N-dealkylation sites (tertiary alicyclic amines) is 1. The summed E-state index contributed by atoms with van der Waals surface area (Å²) in [6, 6.07) is 0.571. The number of carboxylic acids is 1. The van der Waals surface area contributed by atoms with Crippen molar-refractivity contribution in [3.63, 3.8) is 0 Å². The predicted molar refractivity (Wildman–Crippen MR) is 70.7 cm³/mol. The third-order valence-electron chi connectivity index (χ3n) is 4.06. The van der Waals surface area contributed by atoms with Crippen LogP contribution in [0.1, 0.15) is 19.8 Å². The number of nitrogens with one attached hydrogen (secondary N) is 1. The summed E-state index contributed by atoms with van der Waals surface area (Å²) in [5, 5.41) is 12.5. The van der Waals surface area contributed by atoms with Crippen molar-refractivity contribution in [3.8, 4) is 0 Å². The van der Waals surface area contributed by atoms with Crippen molar-refractivity contribution in [3.05, 3.63) is 0 Å². The Balaban J connectivity index is 1.85. The molecular formula is C13H25N3O2. The summed E-state index contributed by atoms with van der Waals surface area (Å²) in [4.78, 5) is 15.8. The van der Waals surface area contributed by atoms with Crippen molar-refractivity contribution in [2.75, 3.05) is 33.7 Å². The third kappa shape index (κ3) is 3.43. The van der Waals surface area contributed by atoms with Gasteiger partial charge >= 0.3 is 5.97 Å². The molecule has 1 aliphatic heterocycles. The van der Waals surface area contributed by atoms with Crippen molar-refractivity contribution in [1.29, 1.82) is 0 Å². The van der Waals surface area contributed by atoms with E-state index in [1.54, 1.807) is 0 Å². The van der Waals surface area contributed by atoms with Gasteiger partial charge in [-0.1, -0.05) is 6.92 Å². The molecule has 18 heavy (non-hydrogen) atoms. The van der Waals surface area contributed by atoms with Crippen LogP contribution in [0.15, 0.2) is 0 Å². The van der Waals surface area contributed by atoms with E-state index in [-0.39, 0.29) is 0 Å². The van der Waals surface area contributed by atoms with Crippen molar-refractivity contribution < 1.29 is 9.90 Å². The van der Waals surface area contributed by atoms with Gasteiger partial charge in [0, 0.05) is 31.7 Å². The Bertz CT molecular complexity index is 305. The van der Waals surface area contributed by atoms with Gasteiger partial charge in [0.15, 0.2) is 0 Å². The van der Waals surface area contributed by atoms with E-state index in [0.717, 1.165) is 25.9 Å². The van der Waals surface area contributed by atoms with Gasteiger partial charge in [-0.15, -0.1) is 0 Å². The Kier molecular flexibility index (Phi) is 4.25. The first-order chi connectivity index (χ1) is 8.47. The summed E-state index contributed by atoms with van der Waals surface area (Å²) in [6.07, 6.45) is 2.25. The predicted octanol–water partition coefficient (Wildman–Crippen LogP) is 0.0735. The minimum absolute atomic E-state index is 0.411. The number of carbonyl (C=O) groups is 1. The molecule has 2 fully saturated rings. The minimum atomic E-state index is -0.720. The molecule has 2 rings (SSSR count). The fraction of sp³-hybridized carbons (Fsp3) is 0.923. The van der Waals surface area contributed by atoms with Gasteiger partial charge in [-0.2, -0.15) is 0 Å². The molecule has 1 saturated carbocycles. The first-order valence-corrected chi connectivity index (χ1v) is 6.85. The van der Waals surface area contributed by atoms with E-state index < -0.39 is 12.0 Å². The number of rotatable bonds is 6. The highest BCUT2D eigenvalue weighted by atomic mass is 16.4. The van der Waals surface area contributed by atoms with Gasteiger partial charge in [0.05, 0.1) is 0 Å². The molecule has 1 aliphatic carbocycles. The lowest BCUT2D eigenvalue weighted by atomic mass is 10.1. The van der Waals surface area contributed by atoms with Crippen LogP contribution in [-0.4, -0.2) is 72.7 Å². The molecule has 3 unspecified atom stereocenters. The number of likely N-dealkylation sites (N-methyl/N-ethyl adjacent to an activating group) is 1. The summed E-state index contributed by atoms with van der Waals surface area (Å²) < 4.78 is 0. The molecule has 1 heterocycles. The Labute approximate surface area is 109 Å². The zero-order valence-corrected chi connectivity index (χ0v) is 11.6. The van der Waals surface area contributed by atoms with Gasteiger partial charge < -0.3 is 15.3 Å². The Morgan fingerprint density at radius 2 is 2.11 bits per heavy atom. The lowest BCUT2D eigenvalue weighted by molar-refractivity contribution is -0.140. The average molecular weight is 255 g/mol. The topological polar surface area (TPSA) is 55.8 Å². The van der Waals surface area contributed by atoms with Gasteiger partial charge in [-0.25, -0.2) is 0 Å². The van der Waals surface area contributed by atoms with E-state index in [1.165, 1.54) is 0 Å². The molecule has 5 heteroatoms. The quantitative estimate of drug-likeness (QED) is 0.703. The molecule has 0 aromatic rings. The van der Waals surface area contributed by atoms with Crippen LogP contribution in [0.4, 0.5) is 0 Å². The largest absolute Gasteiger partial charge is 0.480 e. The van der Waals surface area contributed by atoms with Crippen molar-refractivity contribution >= 4 is 5.97 Å². The van der Waals surface area contributed by atoms with Crippen molar-refractivity contribution in [2.24, 2.45) is 5.92 Å². The Hall–Kier alpha value is -0.650. The summed E-state index contributed by atoms with van der Waals surface area (Å²) in [7, 11) is 4.20. The molecular weight excluding hydrogens is 230 g/mol. The van der Waals surface area contributed by atoms with Gasteiger partial charge in [0.2, 0.25) is 0 Å². The fourth-order valence-electron chi connectivity index (χ4n) is 2.86. The summed E-state index contributed by atoms with van der Waals surface area (Å²) >= 11 is 0. The van der Waals surface area contributed by atoms with E-state index in [2.05, 4.69) is 36.1 Å². The highest BCUT2D eigenvalue weighted by molar-refractivity contribution is 5.73. The lowest BCUT2D eigenvalue weighted by Gasteiger charge is -2.24. The fourth-order valence-corrected chi connectivity index (χ4v) is 2.86. The van der Waals surface area contributed by atoms with Gasteiger partial charge in [0.25, 0.3) is 0 Å². The molecule has 0 aromatic carbocycles. The molecule has 5 nitrogen and oxygen atoms in total. The van der Waals surface area contributed by atoms with Crippen LogP contribution >= 0.6 is 0 Å². The summed E-state index contributed by atoms with van der Waals surface area (Å²) in [5.74, 6) is -0.113. The van der Waals surface area contributed by atoms with E-state index in [0.29, 0.717) is 24.5 Å². The van der Waals surface area contributed by atoms with Crippen LogP contribution < -0.4 is 5.32 Å². The second kappa shape index (κ2) is 5.55. The molecule has 0 bridgehead atoms. The molecule has 0 spiro atoms. The second-order valence-electron chi connectivity index (χ2n) is 6.06. The van der Waals surface area contributed by atoms with Gasteiger partial charge in [-0.05, 0) is 32.9 Å². The number of nitrogens with zero attached hydrogens (tertiary/aromatic N) is 2. The normalized spacial score (nSPS) is 30.9. The SMILES string of the molecule is CC1CN(CC(NC2CC2)C(=O)O)CC1N(C)C. The number of hydrogen-bond donors (Lipinski definition) is 2. The smallest absolute Gasteiger partial charge is 0.322 e. The van der Waals surface area contributed by atoms with Crippen LogP contribution in [0.3, 0.4) is 0 Å². The first-order valence-electron chi connectivity index (χ1n) is 6.85. The molecule has 1 saturated heterocycles. The molecule has 2 aliphatic rings. The molecule has 0 radical (unpaired) electrons. The van der Waals surface area contributed by atoms with Crippen LogP contribution in [0.2, 0.25) is 0 Å². The number of hydrogen-bond acceptors (Lipinski definition) is 4. The zero-order valence-electron chi connectivity index (χ0n) is 11.6. The van der Waals surface area contributed by atoms with Crippen molar-refractivity contribution in [1.82, 2.24) is 15.1 Å². The van der Waals surface area contributed by atoms with Gasteiger partial charge in [-0.3, -0.25) is 9.69 Å². The average Bonchev–Trinajstić information content (AvgIpc) is 3.00. The highest BCUT2D eigenvalue weighted by Gasteiger charge is 2.35. The maximum Gasteiger partial charge on any atom is 0.322 e. The van der Waals surface area contributed by atoms with Crippen molar-refractivity contribution in [2.45, 2.75) is 37.9 Å². The standard InChI is InChI=1S/C13H25N3O2/c1-9-6-16(8-12(9)15(2)3)7-11(13(17)18)14-10-4-5-10/h9-12,14H,4-8H2,1-3H3,(H,17,18). The molecule has 3 atom stereocenters. The van der Waals surface area contributed by atoms with Crippen LogP contribution in [0.25, 0.3) is 0 Å². The molecule has 2 N–H and O–H groups in total. The Morgan fingerprint density at radius 3 is 2.56 bits per heavy atom. The second-order valence-corrected chi connectivity index (χ2v) is 6.06. The maximum absolute atomic E-state index is 11.2. The third-order valence-corrected chi connectivity index (χ3v) is 4.06. The summed E-state index contributed by atoms with van der Waals surface area (Å²) in [5.41, 5.74) is 0. The molecule has 104 valence electrons. The zero-order chi connectivity index (χ0) is 13.3. The number of aliphatic carboxylic acids is 1. The number of carboxylic acid groups (broad SMARTS) is 1. The first kappa shape index (κ1) is 13.8. The lowest BCUT2D eigenvalue weighted by Crippen LogP contribution is -2.47. The van der Waals surface area contributed by atoms with E-state index in [9.17, 15) is 9.90 Å². The minimum Gasteiger partial charge on any atom is -0.480 e. The van der Waals surface area contributed by atoms with Crippen LogP contribution in [0, 0.1) is 5.92 Å². The van der Waals surface area contributed by atoms with E-state index in [4.69, 9.17) is 0 Å². The highest BCUT2D eigenvalue weighted by Crippen LogP contribution is 2.22.